The molecule has 0 aliphatic carbocycles. The van der Waals surface area contributed by atoms with Gasteiger partial charge in [-0.05, 0) is 12.7 Å². The Kier molecular flexibility index (Phi) is 4.41. The molecule has 1 aromatic rings. The molecule has 0 saturated heterocycles. The number of aromatic nitrogens is 3. The normalized spacial score (nSPS) is 12.4. The minimum absolute atomic E-state index is 0.0794. The van der Waals surface area contributed by atoms with E-state index in [0.717, 1.165) is 11.5 Å². The van der Waals surface area contributed by atoms with Gasteiger partial charge in [-0.3, -0.25) is 9.89 Å². The Labute approximate surface area is 92.4 Å². The van der Waals surface area contributed by atoms with Crippen molar-refractivity contribution in [2.24, 2.45) is 0 Å². The molecule has 7 heteroatoms. The van der Waals surface area contributed by atoms with E-state index in [-0.39, 0.29) is 23.7 Å². The van der Waals surface area contributed by atoms with Gasteiger partial charge in [-0.2, -0.15) is 16.7 Å². The lowest BCUT2D eigenvalue weighted by Crippen LogP contribution is -2.35. The summed E-state index contributed by atoms with van der Waals surface area (Å²) in [5.41, 5.74) is 5.29. The third-order valence-corrected chi connectivity index (χ3v) is 2.81. The molecule has 6 nitrogen and oxygen atoms in total. The molecule has 0 saturated carbocycles. The van der Waals surface area contributed by atoms with Crippen LogP contribution in [0.15, 0.2) is 0 Å². The summed E-state index contributed by atoms with van der Waals surface area (Å²) < 4.78 is 0. The van der Waals surface area contributed by atoms with Gasteiger partial charge < -0.3 is 11.1 Å². The van der Waals surface area contributed by atoms with Crippen LogP contribution in [0.25, 0.3) is 0 Å². The van der Waals surface area contributed by atoms with Crippen LogP contribution in [0.1, 0.15) is 24.5 Å². The van der Waals surface area contributed by atoms with Crippen LogP contribution in [0.2, 0.25) is 0 Å². The molecule has 0 bridgehead atoms. The van der Waals surface area contributed by atoms with Gasteiger partial charge in [0.1, 0.15) is 0 Å². The molecule has 1 heterocycles. The highest BCUT2D eigenvalue weighted by molar-refractivity contribution is 7.99. The topological polar surface area (TPSA) is 96.7 Å². The van der Waals surface area contributed by atoms with E-state index in [2.05, 4.69) is 27.4 Å². The van der Waals surface area contributed by atoms with Crippen molar-refractivity contribution in [2.45, 2.75) is 19.9 Å². The molecule has 0 aromatic carbocycles. The van der Waals surface area contributed by atoms with E-state index in [1.165, 1.54) is 0 Å². The first-order chi connectivity index (χ1) is 7.13. The molecular formula is C8H15N5OS. The highest BCUT2D eigenvalue weighted by atomic mass is 32.2. The predicted molar refractivity (Wildman–Crippen MR) is 60.7 cm³/mol. The molecule has 1 rings (SSSR count). The van der Waals surface area contributed by atoms with Crippen LogP contribution in [-0.2, 0) is 0 Å². The molecule has 4 N–H and O–H groups in total. The quantitative estimate of drug-likeness (QED) is 0.673. The van der Waals surface area contributed by atoms with Crippen molar-refractivity contribution in [3.8, 4) is 0 Å². The van der Waals surface area contributed by atoms with E-state index in [4.69, 9.17) is 5.73 Å². The summed E-state index contributed by atoms with van der Waals surface area (Å²) in [5, 5.41) is 8.84. The monoisotopic (exact) mass is 229 g/mol. The molecule has 0 radical (unpaired) electrons. The number of aromatic amines is 1. The van der Waals surface area contributed by atoms with E-state index in [1.54, 1.807) is 11.8 Å². The fourth-order valence-electron chi connectivity index (χ4n) is 1.00. The molecule has 0 spiro atoms. The summed E-state index contributed by atoms with van der Waals surface area (Å²) in [4.78, 5) is 15.3. The number of carbonyl (C=O) groups excluding carboxylic acids is 1. The predicted octanol–water partition coefficient (Wildman–Crippen LogP) is 0.258. The van der Waals surface area contributed by atoms with Crippen LogP contribution in [0.4, 0.5) is 5.95 Å². The van der Waals surface area contributed by atoms with Crippen LogP contribution < -0.4 is 11.1 Å². The van der Waals surface area contributed by atoms with Gasteiger partial charge in [-0.15, -0.1) is 5.10 Å². The van der Waals surface area contributed by atoms with Gasteiger partial charge in [-0.1, -0.05) is 6.92 Å². The summed E-state index contributed by atoms with van der Waals surface area (Å²) in [6.45, 7) is 4.02. The SMILES string of the molecule is CCSCC(C)NC(=O)c1nc(N)n[nH]1. The highest BCUT2D eigenvalue weighted by Gasteiger charge is 2.13. The molecule has 1 aromatic heterocycles. The van der Waals surface area contributed by atoms with Gasteiger partial charge in [0, 0.05) is 11.8 Å². The average molecular weight is 229 g/mol. The number of thioether (sulfide) groups is 1. The molecule has 1 amide bonds. The Morgan fingerprint density at radius 1 is 1.73 bits per heavy atom. The maximum absolute atomic E-state index is 11.5. The third-order valence-electron chi connectivity index (χ3n) is 1.67. The second-order valence-electron chi connectivity index (χ2n) is 3.08. The first-order valence-corrected chi connectivity index (χ1v) is 5.85. The van der Waals surface area contributed by atoms with Crippen molar-refractivity contribution >= 4 is 23.6 Å². The van der Waals surface area contributed by atoms with Crippen molar-refractivity contribution in [1.29, 1.82) is 0 Å². The summed E-state index contributed by atoms with van der Waals surface area (Å²) in [6.07, 6.45) is 0. The first-order valence-electron chi connectivity index (χ1n) is 4.70. The minimum atomic E-state index is -0.275. The third kappa shape index (κ3) is 3.78. The molecular weight excluding hydrogens is 214 g/mol. The zero-order valence-electron chi connectivity index (χ0n) is 8.78. The Morgan fingerprint density at radius 3 is 3.00 bits per heavy atom. The van der Waals surface area contributed by atoms with Crippen LogP contribution in [-0.4, -0.2) is 38.6 Å². The maximum Gasteiger partial charge on any atom is 0.288 e. The zero-order valence-corrected chi connectivity index (χ0v) is 9.60. The number of rotatable bonds is 5. The van der Waals surface area contributed by atoms with Gasteiger partial charge in [0.2, 0.25) is 11.8 Å². The summed E-state index contributed by atoms with van der Waals surface area (Å²) >= 11 is 1.77. The van der Waals surface area contributed by atoms with Gasteiger partial charge >= 0.3 is 0 Å². The molecule has 0 aliphatic rings. The Hall–Kier alpha value is -1.24. The Bertz CT molecular complexity index is 327. The van der Waals surface area contributed by atoms with E-state index >= 15 is 0 Å². The lowest BCUT2D eigenvalue weighted by atomic mass is 10.4. The first kappa shape index (κ1) is 11.8. The van der Waals surface area contributed by atoms with Crippen LogP contribution >= 0.6 is 11.8 Å². The largest absolute Gasteiger partial charge is 0.366 e. The summed E-state index contributed by atoms with van der Waals surface area (Å²) in [6, 6.07) is 0.105. The van der Waals surface area contributed by atoms with Crippen molar-refractivity contribution < 1.29 is 4.79 Å². The number of hydrogen-bond donors (Lipinski definition) is 3. The van der Waals surface area contributed by atoms with Gasteiger partial charge in [0.15, 0.2) is 0 Å². The molecule has 1 atom stereocenters. The van der Waals surface area contributed by atoms with Gasteiger partial charge in [0.05, 0.1) is 0 Å². The summed E-state index contributed by atoms with van der Waals surface area (Å²) in [7, 11) is 0. The number of nitrogens with two attached hydrogens (primary N) is 1. The fourth-order valence-corrected chi connectivity index (χ4v) is 1.68. The number of amides is 1. The number of nitrogens with one attached hydrogen (secondary N) is 2. The van der Waals surface area contributed by atoms with Crippen molar-refractivity contribution in [2.75, 3.05) is 17.2 Å². The number of nitrogens with zero attached hydrogens (tertiary/aromatic N) is 2. The number of carbonyl (C=O) groups is 1. The Balaban J connectivity index is 2.42. The van der Waals surface area contributed by atoms with Crippen LogP contribution in [0.5, 0.6) is 0 Å². The second-order valence-corrected chi connectivity index (χ2v) is 4.40. The average Bonchev–Trinajstić information content (AvgIpc) is 2.61. The molecule has 1 unspecified atom stereocenters. The van der Waals surface area contributed by atoms with Crippen molar-refractivity contribution in [3.05, 3.63) is 5.82 Å². The van der Waals surface area contributed by atoms with Crippen molar-refractivity contribution in [3.63, 3.8) is 0 Å². The Morgan fingerprint density at radius 2 is 2.47 bits per heavy atom. The standard InChI is InChI=1S/C8H15N5OS/c1-3-15-4-5(2)10-7(14)6-11-8(9)13-12-6/h5H,3-4H2,1-2H3,(H,10,14)(H3,9,11,12,13). The lowest BCUT2D eigenvalue weighted by molar-refractivity contribution is 0.0933. The molecule has 0 aliphatic heterocycles. The van der Waals surface area contributed by atoms with Gasteiger partial charge in [-0.25, -0.2) is 0 Å². The summed E-state index contributed by atoms with van der Waals surface area (Å²) in [5.74, 6) is 1.88. The smallest absolute Gasteiger partial charge is 0.288 e. The number of anilines is 1. The number of hydrogen-bond acceptors (Lipinski definition) is 5. The lowest BCUT2D eigenvalue weighted by Gasteiger charge is -2.11. The molecule has 84 valence electrons. The van der Waals surface area contributed by atoms with E-state index in [0.29, 0.717) is 0 Å². The van der Waals surface area contributed by atoms with Crippen LogP contribution in [0.3, 0.4) is 0 Å². The van der Waals surface area contributed by atoms with Crippen molar-refractivity contribution in [1.82, 2.24) is 20.5 Å². The second kappa shape index (κ2) is 5.59. The van der Waals surface area contributed by atoms with E-state index in [9.17, 15) is 4.79 Å². The maximum atomic E-state index is 11.5. The molecule has 0 fully saturated rings. The highest BCUT2D eigenvalue weighted by Crippen LogP contribution is 2.02. The molecule has 15 heavy (non-hydrogen) atoms. The number of H-pyrrole nitrogens is 1. The van der Waals surface area contributed by atoms with Gasteiger partial charge in [0.25, 0.3) is 5.91 Å². The van der Waals surface area contributed by atoms with E-state index < -0.39 is 0 Å². The number of nitrogen functional groups attached to an aromatic ring is 1. The van der Waals surface area contributed by atoms with E-state index in [1.807, 2.05) is 6.92 Å². The minimum Gasteiger partial charge on any atom is -0.366 e. The zero-order chi connectivity index (χ0) is 11.3. The van der Waals surface area contributed by atoms with Crippen LogP contribution in [0, 0.1) is 0 Å². The fraction of sp³-hybridized carbons (Fsp3) is 0.625.